The van der Waals surface area contributed by atoms with Gasteiger partial charge < -0.3 is 5.32 Å². The van der Waals surface area contributed by atoms with E-state index in [1.165, 1.54) is 24.0 Å². The number of nitrogens with one attached hydrogen (secondary N) is 1. The molecule has 0 aromatic heterocycles. The summed E-state index contributed by atoms with van der Waals surface area (Å²) >= 11 is 0. The van der Waals surface area contributed by atoms with Crippen LogP contribution in [-0.4, -0.2) is 6.54 Å². The number of rotatable bonds is 6. The monoisotopic (exact) mass is 205 g/mol. The lowest BCUT2D eigenvalue weighted by molar-refractivity contribution is 0.552. The summed E-state index contributed by atoms with van der Waals surface area (Å²) in [6.07, 6.45) is 2.42. The largest absolute Gasteiger partial charge is 0.312 e. The van der Waals surface area contributed by atoms with Crippen molar-refractivity contribution >= 4 is 0 Å². The van der Waals surface area contributed by atoms with Gasteiger partial charge in [-0.05, 0) is 30.0 Å². The molecule has 0 atom stereocenters. The van der Waals surface area contributed by atoms with E-state index in [9.17, 15) is 0 Å². The molecular formula is C14H23N. The van der Waals surface area contributed by atoms with Gasteiger partial charge in [0.1, 0.15) is 0 Å². The Kier molecular flexibility index (Phi) is 5.41. The van der Waals surface area contributed by atoms with Crippen LogP contribution in [0.2, 0.25) is 0 Å². The number of benzene rings is 1. The Morgan fingerprint density at radius 2 is 1.67 bits per heavy atom. The summed E-state index contributed by atoms with van der Waals surface area (Å²) in [5.41, 5.74) is 2.83. The van der Waals surface area contributed by atoms with Crippen LogP contribution < -0.4 is 5.32 Å². The van der Waals surface area contributed by atoms with E-state index >= 15 is 0 Å². The summed E-state index contributed by atoms with van der Waals surface area (Å²) in [6.45, 7) is 8.77. The fourth-order valence-corrected chi connectivity index (χ4v) is 1.62. The smallest absolute Gasteiger partial charge is 0.0205 e. The maximum Gasteiger partial charge on any atom is 0.0205 e. The maximum absolute atomic E-state index is 3.45. The van der Waals surface area contributed by atoms with Crippen LogP contribution in [0.3, 0.4) is 0 Å². The Morgan fingerprint density at radius 3 is 2.20 bits per heavy atom. The molecule has 1 nitrogen and oxygen atoms in total. The van der Waals surface area contributed by atoms with Crippen LogP contribution in [0.5, 0.6) is 0 Å². The summed E-state index contributed by atoms with van der Waals surface area (Å²) in [6, 6.07) is 8.96. The van der Waals surface area contributed by atoms with E-state index in [-0.39, 0.29) is 0 Å². The first-order valence-corrected chi connectivity index (χ1v) is 6.01. The third-order valence-electron chi connectivity index (χ3n) is 2.44. The van der Waals surface area contributed by atoms with Gasteiger partial charge in [-0.25, -0.2) is 0 Å². The van der Waals surface area contributed by atoms with Crippen molar-refractivity contribution < 1.29 is 0 Å². The first kappa shape index (κ1) is 12.3. The zero-order valence-electron chi connectivity index (χ0n) is 10.2. The van der Waals surface area contributed by atoms with Gasteiger partial charge in [-0.1, -0.05) is 51.5 Å². The molecule has 15 heavy (non-hydrogen) atoms. The van der Waals surface area contributed by atoms with E-state index in [4.69, 9.17) is 0 Å². The first-order valence-electron chi connectivity index (χ1n) is 6.01. The molecule has 1 N–H and O–H groups in total. The van der Waals surface area contributed by atoms with Crippen LogP contribution in [0, 0.1) is 5.92 Å². The van der Waals surface area contributed by atoms with Gasteiger partial charge in [0.05, 0.1) is 0 Å². The van der Waals surface area contributed by atoms with E-state index in [2.05, 4.69) is 50.4 Å². The lowest BCUT2D eigenvalue weighted by atomic mass is 10.1. The SMILES string of the molecule is CCCc1ccc(CNCC(C)C)cc1. The van der Waals surface area contributed by atoms with Crippen molar-refractivity contribution in [3.8, 4) is 0 Å². The van der Waals surface area contributed by atoms with Gasteiger partial charge in [-0.2, -0.15) is 0 Å². The van der Waals surface area contributed by atoms with Crippen LogP contribution >= 0.6 is 0 Å². The molecule has 0 saturated carbocycles. The lowest BCUT2D eigenvalue weighted by Crippen LogP contribution is -2.18. The lowest BCUT2D eigenvalue weighted by Gasteiger charge is -2.07. The molecule has 0 spiro atoms. The van der Waals surface area contributed by atoms with Gasteiger partial charge in [0.2, 0.25) is 0 Å². The Labute approximate surface area is 93.9 Å². The quantitative estimate of drug-likeness (QED) is 0.750. The highest BCUT2D eigenvalue weighted by Gasteiger charge is 1.95. The van der Waals surface area contributed by atoms with Crippen LogP contribution in [-0.2, 0) is 13.0 Å². The Hall–Kier alpha value is -0.820. The maximum atomic E-state index is 3.45. The van der Waals surface area contributed by atoms with Gasteiger partial charge in [0.25, 0.3) is 0 Å². The van der Waals surface area contributed by atoms with Gasteiger partial charge in [-0.15, -0.1) is 0 Å². The van der Waals surface area contributed by atoms with Crippen LogP contribution in [0.25, 0.3) is 0 Å². The van der Waals surface area contributed by atoms with E-state index in [1.54, 1.807) is 0 Å². The fraction of sp³-hybridized carbons (Fsp3) is 0.571. The Balaban J connectivity index is 2.36. The zero-order chi connectivity index (χ0) is 11.1. The van der Waals surface area contributed by atoms with Gasteiger partial charge >= 0.3 is 0 Å². The molecule has 0 bridgehead atoms. The summed E-state index contributed by atoms with van der Waals surface area (Å²) in [4.78, 5) is 0. The van der Waals surface area contributed by atoms with Gasteiger partial charge in [0.15, 0.2) is 0 Å². The highest BCUT2D eigenvalue weighted by Crippen LogP contribution is 2.06. The molecule has 0 aliphatic carbocycles. The minimum absolute atomic E-state index is 0.726. The topological polar surface area (TPSA) is 12.0 Å². The molecule has 0 fully saturated rings. The molecule has 1 heteroatoms. The molecule has 1 rings (SSSR count). The van der Waals surface area contributed by atoms with Crippen molar-refractivity contribution in [2.24, 2.45) is 5.92 Å². The number of hydrogen-bond donors (Lipinski definition) is 1. The van der Waals surface area contributed by atoms with Crippen molar-refractivity contribution in [3.63, 3.8) is 0 Å². The third kappa shape index (κ3) is 4.98. The molecular weight excluding hydrogens is 182 g/mol. The van der Waals surface area contributed by atoms with Gasteiger partial charge in [0, 0.05) is 6.54 Å². The minimum atomic E-state index is 0.726. The van der Waals surface area contributed by atoms with Crippen molar-refractivity contribution in [1.29, 1.82) is 0 Å². The van der Waals surface area contributed by atoms with Crippen LogP contribution in [0.4, 0.5) is 0 Å². The summed E-state index contributed by atoms with van der Waals surface area (Å²) in [5, 5.41) is 3.45. The molecule has 84 valence electrons. The highest BCUT2D eigenvalue weighted by atomic mass is 14.8. The Bertz CT molecular complexity index is 261. The number of hydrogen-bond acceptors (Lipinski definition) is 1. The molecule has 1 aromatic carbocycles. The van der Waals surface area contributed by atoms with Crippen molar-refractivity contribution in [3.05, 3.63) is 35.4 Å². The second kappa shape index (κ2) is 6.62. The van der Waals surface area contributed by atoms with E-state index in [0.29, 0.717) is 0 Å². The summed E-state index contributed by atoms with van der Waals surface area (Å²) < 4.78 is 0. The Morgan fingerprint density at radius 1 is 1.07 bits per heavy atom. The molecule has 0 radical (unpaired) electrons. The van der Waals surface area contributed by atoms with Gasteiger partial charge in [-0.3, -0.25) is 0 Å². The summed E-state index contributed by atoms with van der Waals surface area (Å²) in [5.74, 6) is 0.726. The highest BCUT2D eigenvalue weighted by molar-refractivity contribution is 5.22. The molecule has 0 amide bonds. The first-order chi connectivity index (χ1) is 7.22. The van der Waals surface area contributed by atoms with Crippen molar-refractivity contribution in [1.82, 2.24) is 5.32 Å². The average Bonchev–Trinajstić information content (AvgIpc) is 2.20. The normalized spacial score (nSPS) is 10.9. The second-order valence-electron chi connectivity index (χ2n) is 4.59. The predicted molar refractivity (Wildman–Crippen MR) is 67.0 cm³/mol. The average molecular weight is 205 g/mol. The zero-order valence-corrected chi connectivity index (χ0v) is 10.2. The van der Waals surface area contributed by atoms with E-state index < -0.39 is 0 Å². The van der Waals surface area contributed by atoms with E-state index in [0.717, 1.165) is 19.0 Å². The summed E-state index contributed by atoms with van der Waals surface area (Å²) in [7, 11) is 0. The van der Waals surface area contributed by atoms with Crippen molar-refractivity contribution in [2.45, 2.75) is 40.2 Å². The molecule has 0 aliphatic rings. The fourth-order valence-electron chi connectivity index (χ4n) is 1.62. The second-order valence-corrected chi connectivity index (χ2v) is 4.59. The molecule has 0 aliphatic heterocycles. The molecule has 1 aromatic rings. The molecule has 0 unspecified atom stereocenters. The van der Waals surface area contributed by atoms with Crippen LogP contribution in [0.15, 0.2) is 24.3 Å². The minimum Gasteiger partial charge on any atom is -0.312 e. The molecule has 0 heterocycles. The third-order valence-corrected chi connectivity index (χ3v) is 2.44. The standard InChI is InChI=1S/C14H23N/c1-4-5-13-6-8-14(9-7-13)11-15-10-12(2)3/h6-9,12,15H,4-5,10-11H2,1-3H3. The van der Waals surface area contributed by atoms with E-state index in [1.807, 2.05) is 0 Å². The predicted octanol–water partition coefficient (Wildman–Crippen LogP) is 3.38. The van der Waals surface area contributed by atoms with Crippen molar-refractivity contribution in [2.75, 3.05) is 6.54 Å². The molecule has 0 saturated heterocycles. The number of aryl methyl sites for hydroxylation is 1. The van der Waals surface area contributed by atoms with Crippen LogP contribution in [0.1, 0.15) is 38.3 Å².